The van der Waals surface area contributed by atoms with Gasteiger partial charge < -0.3 is 14.6 Å². The summed E-state index contributed by atoms with van der Waals surface area (Å²) in [4.78, 5) is 13.4. The summed E-state index contributed by atoms with van der Waals surface area (Å²) in [7, 11) is 0. The van der Waals surface area contributed by atoms with Crippen LogP contribution in [0.1, 0.15) is 10.4 Å². The Hall–Kier alpha value is -0.860. The lowest BCUT2D eigenvalue weighted by molar-refractivity contribution is 0.0321. The lowest BCUT2D eigenvalue weighted by Crippen LogP contribution is -2.38. The molecule has 1 N–H and O–H groups in total. The number of halogens is 1. The van der Waals surface area contributed by atoms with Gasteiger partial charge in [-0.3, -0.25) is 4.90 Å². The van der Waals surface area contributed by atoms with Crippen LogP contribution in [0.4, 0.5) is 0 Å². The molecule has 0 aliphatic carbocycles. The third kappa shape index (κ3) is 4.32. The van der Waals surface area contributed by atoms with E-state index in [-0.39, 0.29) is 5.56 Å². The van der Waals surface area contributed by atoms with Crippen LogP contribution in [0.25, 0.3) is 0 Å². The van der Waals surface area contributed by atoms with Gasteiger partial charge in [0.05, 0.1) is 13.2 Å². The highest BCUT2D eigenvalue weighted by Crippen LogP contribution is 2.21. The molecule has 5 nitrogen and oxygen atoms in total. The first-order chi connectivity index (χ1) is 9.16. The van der Waals surface area contributed by atoms with Crippen LogP contribution in [-0.4, -0.2) is 55.4 Å². The summed E-state index contributed by atoms with van der Waals surface area (Å²) in [6, 6.07) is 5.18. The fraction of sp³-hybridized carbons (Fsp3) is 0.462. The molecule has 2 rings (SSSR count). The number of aromatic carboxylic acids is 1. The summed E-state index contributed by atoms with van der Waals surface area (Å²) in [6.07, 6.45) is 0. The number of carboxylic acid groups (broad SMARTS) is 1. The molecule has 1 aliphatic rings. The monoisotopic (exact) mass is 377 g/mol. The van der Waals surface area contributed by atoms with Gasteiger partial charge >= 0.3 is 5.97 Å². The van der Waals surface area contributed by atoms with Crippen LogP contribution < -0.4 is 4.74 Å². The SMILES string of the molecule is O=C(O)c1cc(I)ccc1OCCN1CCOCC1. The molecule has 1 saturated heterocycles. The molecule has 0 bridgehead atoms. The maximum Gasteiger partial charge on any atom is 0.339 e. The molecule has 104 valence electrons. The second-order valence-corrected chi connectivity index (χ2v) is 5.49. The molecule has 0 saturated carbocycles. The van der Waals surface area contributed by atoms with Gasteiger partial charge in [0.25, 0.3) is 0 Å². The number of nitrogens with zero attached hydrogens (tertiary/aromatic N) is 1. The molecule has 1 fully saturated rings. The molecule has 19 heavy (non-hydrogen) atoms. The Bertz CT molecular complexity index is 446. The molecule has 0 atom stereocenters. The number of morpholine rings is 1. The van der Waals surface area contributed by atoms with Gasteiger partial charge in [0, 0.05) is 23.2 Å². The Morgan fingerprint density at radius 1 is 1.42 bits per heavy atom. The maximum atomic E-state index is 11.1. The van der Waals surface area contributed by atoms with E-state index in [1.807, 2.05) is 6.07 Å². The van der Waals surface area contributed by atoms with Gasteiger partial charge in [-0.1, -0.05) is 0 Å². The molecular formula is C13H16INO4. The van der Waals surface area contributed by atoms with Gasteiger partial charge in [-0.05, 0) is 40.8 Å². The van der Waals surface area contributed by atoms with Gasteiger partial charge in [-0.25, -0.2) is 4.79 Å². The van der Waals surface area contributed by atoms with E-state index < -0.39 is 5.97 Å². The average molecular weight is 377 g/mol. The highest BCUT2D eigenvalue weighted by atomic mass is 127. The molecule has 1 aromatic carbocycles. The summed E-state index contributed by atoms with van der Waals surface area (Å²) >= 11 is 2.09. The molecule has 0 aromatic heterocycles. The Kier molecular flexibility index (Phi) is 5.41. The van der Waals surface area contributed by atoms with Gasteiger partial charge in [0.1, 0.15) is 17.9 Å². The number of hydrogen-bond acceptors (Lipinski definition) is 4. The second-order valence-electron chi connectivity index (χ2n) is 4.25. The van der Waals surface area contributed by atoms with Gasteiger partial charge in [-0.2, -0.15) is 0 Å². The van der Waals surface area contributed by atoms with Crippen LogP contribution in [0.5, 0.6) is 5.75 Å². The topological polar surface area (TPSA) is 59.0 Å². The van der Waals surface area contributed by atoms with E-state index in [0.29, 0.717) is 12.4 Å². The van der Waals surface area contributed by atoms with Gasteiger partial charge in [0.15, 0.2) is 0 Å². The molecule has 6 heteroatoms. The third-order valence-electron chi connectivity index (χ3n) is 2.94. The average Bonchev–Trinajstić information content (AvgIpc) is 2.41. The van der Waals surface area contributed by atoms with E-state index in [0.717, 1.165) is 36.4 Å². The molecular weight excluding hydrogens is 361 g/mol. The van der Waals surface area contributed by atoms with Crippen molar-refractivity contribution in [1.82, 2.24) is 4.90 Å². The standard InChI is InChI=1S/C13H16INO4/c14-10-1-2-12(11(9-10)13(16)17)19-8-5-15-3-6-18-7-4-15/h1-2,9H,3-8H2,(H,16,17). The summed E-state index contributed by atoms with van der Waals surface area (Å²) < 4.78 is 11.7. The van der Waals surface area contributed by atoms with Crippen LogP contribution in [0.3, 0.4) is 0 Å². The summed E-state index contributed by atoms with van der Waals surface area (Å²) in [5.74, 6) is -0.527. The van der Waals surface area contributed by atoms with Crippen molar-refractivity contribution < 1.29 is 19.4 Å². The van der Waals surface area contributed by atoms with Crippen molar-refractivity contribution in [2.24, 2.45) is 0 Å². The maximum absolute atomic E-state index is 11.1. The first kappa shape index (κ1) is 14.5. The minimum Gasteiger partial charge on any atom is -0.491 e. The quantitative estimate of drug-likeness (QED) is 0.792. The van der Waals surface area contributed by atoms with Crippen LogP contribution in [-0.2, 0) is 4.74 Å². The summed E-state index contributed by atoms with van der Waals surface area (Å²) in [5, 5.41) is 9.13. The minimum absolute atomic E-state index is 0.217. The molecule has 1 heterocycles. The first-order valence-electron chi connectivity index (χ1n) is 6.12. The Balaban J connectivity index is 1.89. The van der Waals surface area contributed by atoms with E-state index in [2.05, 4.69) is 27.5 Å². The van der Waals surface area contributed by atoms with Crippen molar-refractivity contribution in [1.29, 1.82) is 0 Å². The van der Waals surface area contributed by atoms with E-state index in [1.165, 1.54) is 0 Å². The molecule has 0 amide bonds. The lowest BCUT2D eigenvalue weighted by atomic mass is 10.2. The van der Waals surface area contributed by atoms with E-state index >= 15 is 0 Å². The fourth-order valence-corrected chi connectivity index (χ4v) is 2.40. The summed E-state index contributed by atoms with van der Waals surface area (Å²) in [6.45, 7) is 4.59. The van der Waals surface area contributed by atoms with Crippen molar-refractivity contribution in [3.8, 4) is 5.75 Å². The van der Waals surface area contributed by atoms with Crippen LogP contribution >= 0.6 is 22.6 Å². The van der Waals surface area contributed by atoms with Crippen molar-refractivity contribution in [3.63, 3.8) is 0 Å². The first-order valence-corrected chi connectivity index (χ1v) is 7.20. The Morgan fingerprint density at radius 3 is 2.84 bits per heavy atom. The number of carbonyl (C=O) groups is 1. The highest BCUT2D eigenvalue weighted by Gasteiger charge is 2.13. The number of benzene rings is 1. The number of rotatable bonds is 5. The van der Waals surface area contributed by atoms with Crippen molar-refractivity contribution in [2.75, 3.05) is 39.5 Å². The zero-order valence-corrected chi connectivity index (χ0v) is 12.6. The van der Waals surface area contributed by atoms with E-state index in [9.17, 15) is 4.79 Å². The molecule has 1 aromatic rings. The van der Waals surface area contributed by atoms with Crippen molar-refractivity contribution >= 4 is 28.6 Å². The number of carboxylic acids is 1. The van der Waals surface area contributed by atoms with Crippen LogP contribution in [0, 0.1) is 3.57 Å². The van der Waals surface area contributed by atoms with Crippen molar-refractivity contribution in [3.05, 3.63) is 27.3 Å². The van der Waals surface area contributed by atoms with Crippen LogP contribution in [0.15, 0.2) is 18.2 Å². The molecule has 0 unspecified atom stereocenters. The highest BCUT2D eigenvalue weighted by molar-refractivity contribution is 14.1. The predicted molar refractivity (Wildman–Crippen MR) is 78.9 cm³/mol. The van der Waals surface area contributed by atoms with Gasteiger partial charge in [-0.15, -0.1) is 0 Å². The van der Waals surface area contributed by atoms with E-state index in [4.69, 9.17) is 14.6 Å². The normalized spacial score (nSPS) is 16.3. The van der Waals surface area contributed by atoms with Crippen molar-refractivity contribution in [2.45, 2.75) is 0 Å². The smallest absolute Gasteiger partial charge is 0.339 e. The summed E-state index contributed by atoms with van der Waals surface area (Å²) in [5.41, 5.74) is 0.217. The molecule has 1 aliphatic heterocycles. The fourth-order valence-electron chi connectivity index (χ4n) is 1.90. The Morgan fingerprint density at radius 2 is 2.16 bits per heavy atom. The Labute approximate surface area is 125 Å². The largest absolute Gasteiger partial charge is 0.491 e. The molecule has 0 spiro atoms. The van der Waals surface area contributed by atoms with Crippen LogP contribution in [0.2, 0.25) is 0 Å². The number of ether oxygens (including phenoxy) is 2. The molecule has 0 radical (unpaired) electrons. The number of hydrogen-bond donors (Lipinski definition) is 1. The predicted octanol–water partition coefficient (Wildman–Crippen LogP) is 1.70. The minimum atomic E-state index is -0.958. The second kappa shape index (κ2) is 7.06. The third-order valence-corrected chi connectivity index (χ3v) is 3.61. The zero-order valence-electron chi connectivity index (χ0n) is 10.5. The zero-order chi connectivity index (χ0) is 13.7. The van der Waals surface area contributed by atoms with Gasteiger partial charge in [0.2, 0.25) is 0 Å². The van der Waals surface area contributed by atoms with E-state index in [1.54, 1.807) is 12.1 Å². The lowest BCUT2D eigenvalue weighted by Gasteiger charge is -2.26.